The number of nitrogens with two attached hydrogens (primary N) is 1. The summed E-state index contributed by atoms with van der Waals surface area (Å²) in [7, 11) is 4.03. The van der Waals surface area contributed by atoms with Gasteiger partial charge in [0.2, 0.25) is 5.89 Å². The van der Waals surface area contributed by atoms with Crippen molar-refractivity contribution >= 4 is 0 Å². The van der Waals surface area contributed by atoms with Gasteiger partial charge in [0.05, 0.1) is 0 Å². The fraction of sp³-hybridized carbons (Fsp3) is 0.750. The summed E-state index contributed by atoms with van der Waals surface area (Å²) in [5, 5.41) is 3.84. The van der Waals surface area contributed by atoms with Gasteiger partial charge in [-0.3, -0.25) is 0 Å². The van der Waals surface area contributed by atoms with Crippen LogP contribution in [-0.4, -0.2) is 42.2 Å². The Morgan fingerprint density at radius 1 is 1.38 bits per heavy atom. The molecule has 0 aliphatic rings. The van der Waals surface area contributed by atoms with Crippen LogP contribution in [0.3, 0.4) is 0 Å². The second-order valence-corrected chi connectivity index (χ2v) is 3.20. The Hall–Kier alpha value is -0.940. The molecule has 1 heterocycles. The van der Waals surface area contributed by atoms with E-state index in [1.54, 1.807) is 0 Å². The van der Waals surface area contributed by atoms with Crippen molar-refractivity contribution in [3.63, 3.8) is 0 Å². The average Bonchev–Trinajstić information content (AvgIpc) is 2.50. The van der Waals surface area contributed by atoms with Gasteiger partial charge in [0.25, 0.3) is 0 Å². The van der Waals surface area contributed by atoms with Gasteiger partial charge in [0.15, 0.2) is 5.82 Å². The summed E-state index contributed by atoms with van der Waals surface area (Å²) in [4.78, 5) is 6.27. The third-order valence-electron chi connectivity index (χ3n) is 1.65. The third-order valence-corrected chi connectivity index (χ3v) is 1.65. The number of hydrogen-bond donors (Lipinski definition) is 1. The number of hydrogen-bond acceptors (Lipinski definition) is 5. The van der Waals surface area contributed by atoms with E-state index in [0.717, 1.165) is 18.8 Å². The van der Waals surface area contributed by atoms with Crippen LogP contribution >= 0.6 is 0 Å². The van der Waals surface area contributed by atoms with E-state index in [1.165, 1.54) is 0 Å². The first kappa shape index (κ1) is 10.1. The van der Waals surface area contributed by atoms with E-state index >= 15 is 0 Å². The maximum absolute atomic E-state index is 5.36. The van der Waals surface area contributed by atoms with Gasteiger partial charge < -0.3 is 15.2 Å². The molecule has 1 aromatic heterocycles. The zero-order chi connectivity index (χ0) is 9.68. The highest BCUT2D eigenvalue weighted by atomic mass is 16.5. The van der Waals surface area contributed by atoms with Crippen molar-refractivity contribution in [2.75, 3.05) is 27.2 Å². The quantitative estimate of drug-likeness (QED) is 0.679. The first-order valence-corrected chi connectivity index (χ1v) is 4.38. The zero-order valence-corrected chi connectivity index (χ0v) is 8.16. The van der Waals surface area contributed by atoms with Gasteiger partial charge in [0, 0.05) is 25.9 Å². The Labute approximate surface area is 77.9 Å². The van der Waals surface area contributed by atoms with Gasteiger partial charge in [0.1, 0.15) is 0 Å². The highest BCUT2D eigenvalue weighted by Gasteiger charge is 2.04. The Morgan fingerprint density at radius 2 is 2.15 bits per heavy atom. The molecule has 1 rings (SSSR count). The van der Waals surface area contributed by atoms with Crippen LogP contribution in [-0.2, 0) is 12.8 Å². The number of aromatic nitrogens is 2. The molecule has 1 aromatic rings. The average molecular weight is 184 g/mol. The minimum Gasteiger partial charge on any atom is -0.339 e. The summed E-state index contributed by atoms with van der Waals surface area (Å²) in [5.74, 6) is 1.40. The summed E-state index contributed by atoms with van der Waals surface area (Å²) in [5.41, 5.74) is 5.36. The second kappa shape index (κ2) is 4.94. The topological polar surface area (TPSA) is 68.2 Å². The monoisotopic (exact) mass is 184 g/mol. The van der Waals surface area contributed by atoms with E-state index in [1.807, 2.05) is 14.1 Å². The SMILES string of the molecule is CN(C)CCc1noc(CCN)n1. The molecule has 0 fully saturated rings. The van der Waals surface area contributed by atoms with Gasteiger partial charge in [-0.1, -0.05) is 5.16 Å². The van der Waals surface area contributed by atoms with Gasteiger partial charge >= 0.3 is 0 Å². The minimum atomic E-state index is 0.551. The molecule has 0 saturated heterocycles. The molecule has 0 aromatic carbocycles. The molecular formula is C8H16N4O. The van der Waals surface area contributed by atoms with Gasteiger partial charge in [-0.2, -0.15) is 4.98 Å². The first-order valence-electron chi connectivity index (χ1n) is 4.38. The van der Waals surface area contributed by atoms with Crippen LogP contribution in [0.4, 0.5) is 0 Å². The maximum Gasteiger partial charge on any atom is 0.227 e. The summed E-state index contributed by atoms with van der Waals surface area (Å²) in [6, 6.07) is 0. The summed E-state index contributed by atoms with van der Waals surface area (Å²) < 4.78 is 4.98. The fourth-order valence-electron chi connectivity index (χ4n) is 0.940. The lowest BCUT2D eigenvalue weighted by molar-refractivity contribution is 0.366. The normalized spacial score (nSPS) is 11.1. The Kier molecular flexibility index (Phi) is 3.85. The molecule has 5 nitrogen and oxygen atoms in total. The fourth-order valence-corrected chi connectivity index (χ4v) is 0.940. The molecule has 0 atom stereocenters. The Bertz CT molecular complexity index is 246. The van der Waals surface area contributed by atoms with Crippen molar-refractivity contribution in [3.8, 4) is 0 Å². The molecule has 0 spiro atoms. The minimum absolute atomic E-state index is 0.551. The van der Waals surface area contributed by atoms with Crippen molar-refractivity contribution in [2.24, 2.45) is 5.73 Å². The van der Waals surface area contributed by atoms with Gasteiger partial charge in [-0.25, -0.2) is 0 Å². The molecule has 0 unspecified atom stereocenters. The van der Waals surface area contributed by atoms with E-state index < -0.39 is 0 Å². The second-order valence-electron chi connectivity index (χ2n) is 3.20. The van der Waals surface area contributed by atoms with Crippen molar-refractivity contribution < 1.29 is 4.52 Å². The molecule has 0 radical (unpaired) electrons. The molecule has 0 aliphatic carbocycles. The predicted molar refractivity (Wildman–Crippen MR) is 49.3 cm³/mol. The van der Waals surface area contributed by atoms with Crippen LogP contribution in [0.5, 0.6) is 0 Å². The van der Waals surface area contributed by atoms with Crippen molar-refractivity contribution in [2.45, 2.75) is 12.8 Å². The van der Waals surface area contributed by atoms with Crippen molar-refractivity contribution in [1.29, 1.82) is 0 Å². The van der Waals surface area contributed by atoms with Crippen LogP contribution in [0.1, 0.15) is 11.7 Å². The lowest BCUT2D eigenvalue weighted by Gasteiger charge is -2.05. The lowest BCUT2D eigenvalue weighted by atomic mass is 10.4. The van der Waals surface area contributed by atoms with Gasteiger partial charge in [-0.05, 0) is 14.1 Å². The Morgan fingerprint density at radius 3 is 2.77 bits per heavy atom. The van der Waals surface area contributed by atoms with E-state index in [-0.39, 0.29) is 0 Å². The smallest absolute Gasteiger partial charge is 0.227 e. The summed E-state index contributed by atoms with van der Waals surface area (Å²) >= 11 is 0. The van der Waals surface area contributed by atoms with E-state index in [9.17, 15) is 0 Å². The highest BCUT2D eigenvalue weighted by Crippen LogP contribution is 1.98. The number of likely N-dealkylation sites (N-methyl/N-ethyl adjacent to an activating group) is 1. The van der Waals surface area contributed by atoms with Crippen LogP contribution < -0.4 is 5.73 Å². The maximum atomic E-state index is 5.36. The molecule has 74 valence electrons. The number of rotatable bonds is 5. The van der Waals surface area contributed by atoms with Crippen LogP contribution in [0.25, 0.3) is 0 Å². The first-order chi connectivity index (χ1) is 6.22. The Balaban J connectivity index is 2.39. The summed E-state index contributed by atoms with van der Waals surface area (Å²) in [6.45, 7) is 1.48. The predicted octanol–water partition coefficient (Wildman–Crippen LogP) is -0.325. The molecular weight excluding hydrogens is 168 g/mol. The van der Waals surface area contributed by atoms with E-state index in [2.05, 4.69) is 15.0 Å². The van der Waals surface area contributed by atoms with E-state index in [0.29, 0.717) is 18.9 Å². The highest BCUT2D eigenvalue weighted by molar-refractivity contribution is 4.87. The molecule has 0 aliphatic heterocycles. The standard InChI is InChI=1S/C8H16N4O/c1-12(2)6-4-7-10-8(3-5-9)13-11-7/h3-6,9H2,1-2H3. The number of nitrogens with zero attached hydrogens (tertiary/aromatic N) is 3. The van der Waals surface area contributed by atoms with Gasteiger partial charge in [-0.15, -0.1) is 0 Å². The van der Waals surface area contributed by atoms with Crippen LogP contribution in [0, 0.1) is 0 Å². The largest absolute Gasteiger partial charge is 0.339 e. The third kappa shape index (κ3) is 3.52. The molecule has 0 bridgehead atoms. The molecule has 5 heteroatoms. The molecule has 0 saturated carbocycles. The lowest BCUT2D eigenvalue weighted by Crippen LogP contribution is -2.15. The van der Waals surface area contributed by atoms with E-state index in [4.69, 9.17) is 10.3 Å². The molecule has 13 heavy (non-hydrogen) atoms. The zero-order valence-electron chi connectivity index (χ0n) is 8.16. The van der Waals surface area contributed by atoms with Crippen LogP contribution in [0.15, 0.2) is 4.52 Å². The molecule has 0 amide bonds. The summed E-state index contributed by atoms with van der Waals surface area (Å²) in [6.07, 6.45) is 1.48. The van der Waals surface area contributed by atoms with Crippen molar-refractivity contribution in [3.05, 3.63) is 11.7 Å². The van der Waals surface area contributed by atoms with Crippen LogP contribution in [0.2, 0.25) is 0 Å². The van der Waals surface area contributed by atoms with Crippen molar-refractivity contribution in [1.82, 2.24) is 15.0 Å². The molecule has 2 N–H and O–H groups in total.